The van der Waals surface area contributed by atoms with Gasteiger partial charge in [0.05, 0.1) is 0 Å². The lowest BCUT2D eigenvalue weighted by atomic mass is 9.77. The molecule has 0 aliphatic rings. The Morgan fingerprint density at radius 1 is 1.11 bits per heavy atom. The molecule has 0 bridgehead atoms. The van der Waals surface area contributed by atoms with Crippen molar-refractivity contribution in [3.8, 4) is 0 Å². The molecule has 1 nitrogen and oxygen atoms in total. The molecule has 0 aliphatic carbocycles. The van der Waals surface area contributed by atoms with Crippen molar-refractivity contribution in [1.82, 2.24) is 5.32 Å². The molecule has 19 heavy (non-hydrogen) atoms. The summed E-state index contributed by atoms with van der Waals surface area (Å²) in [6, 6.07) is 5.75. The molecule has 0 saturated heterocycles. The van der Waals surface area contributed by atoms with Crippen molar-refractivity contribution in [2.24, 2.45) is 5.41 Å². The van der Waals surface area contributed by atoms with Crippen LogP contribution in [-0.2, 0) is 6.42 Å². The zero-order valence-corrected chi connectivity index (χ0v) is 13.7. The lowest BCUT2D eigenvalue weighted by Crippen LogP contribution is -2.35. The van der Waals surface area contributed by atoms with Gasteiger partial charge in [-0.25, -0.2) is 0 Å². The van der Waals surface area contributed by atoms with Crippen LogP contribution in [0.2, 0.25) is 10.0 Å². The summed E-state index contributed by atoms with van der Waals surface area (Å²) in [5.41, 5.74) is 1.43. The Morgan fingerprint density at radius 3 is 2.37 bits per heavy atom. The first-order chi connectivity index (χ1) is 9.06. The summed E-state index contributed by atoms with van der Waals surface area (Å²) in [5, 5.41) is 5.15. The molecular weight excluding hydrogens is 277 g/mol. The molecule has 1 aromatic rings. The normalized spacial score (nSPS) is 11.8. The van der Waals surface area contributed by atoms with E-state index in [0.717, 1.165) is 48.0 Å². The Labute approximate surface area is 127 Å². The largest absolute Gasteiger partial charge is 0.316 e. The minimum absolute atomic E-state index is 0.267. The third kappa shape index (κ3) is 4.98. The molecule has 1 aromatic carbocycles. The van der Waals surface area contributed by atoms with Crippen molar-refractivity contribution < 1.29 is 0 Å². The van der Waals surface area contributed by atoms with Gasteiger partial charge in [0.25, 0.3) is 0 Å². The van der Waals surface area contributed by atoms with Crippen molar-refractivity contribution in [2.75, 3.05) is 13.1 Å². The topological polar surface area (TPSA) is 12.0 Å². The Kier molecular flexibility index (Phi) is 7.20. The van der Waals surface area contributed by atoms with Crippen LogP contribution in [0.15, 0.2) is 18.2 Å². The van der Waals surface area contributed by atoms with E-state index >= 15 is 0 Å². The van der Waals surface area contributed by atoms with Crippen LogP contribution in [0.5, 0.6) is 0 Å². The fourth-order valence-corrected chi connectivity index (χ4v) is 2.80. The standard InChI is InChI=1S/C16H25Cl2N/c1-4-9-19-12-16(5-2,6-3)11-13-10-14(17)7-8-15(13)18/h7-8,10,19H,4-6,9,11-12H2,1-3H3. The van der Waals surface area contributed by atoms with Crippen LogP contribution >= 0.6 is 23.2 Å². The van der Waals surface area contributed by atoms with Crippen molar-refractivity contribution in [2.45, 2.75) is 46.5 Å². The summed E-state index contributed by atoms with van der Waals surface area (Å²) in [6.07, 6.45) is 4.43. The number of halogens is 2. The molecule has 0 saturated carbocycles. The van der Waals surface area contributed by atoms with Crippen LogP contribution in [-0.4, -0.2) is 13.1 Å². The second kappa shape index (κ2) is 8.14. The Balaban J connectivity index is 2.84. The average Bonchev–Trinajstić information content (AvgIpc) is 2.42. The first kappa shape index (κ1) is 16.8. The second-order valence-electron chi connectivity index (χ2n) is 5.30. The summed E-state index contributed by atoms with van der Waals surface area (Å²) in [6.45, 7) is 8.83. The number of rotatable bonds is 8. The quantitative estimate of drug-likeness (QED) is 0.639. The Morgan fingerprint density at radius 2 is 1.79 bits per heavy atom. The molecule has 108 valence electrons. The molecule has 0 heterocycles. The van der Waals surface area contributed by atoms with Crippen LogP contribution in [0, 0.1) is 5.41 Å². The Bertz CT molecular complexity index is 386. The Hall–Kier alpha value is -0.240. The maximum atomic E-state index is 6.30. The molecule has 1 rings (SSSR count). The summed E-state index contributed by atoms with van der Waals surface area (Å²) in [7, 11) is 0. The molecule has 0 aromatic heterocycles. The summed E-state index contributed by atoms with van der Waals surface area (Å²) >= 11 is 12.4. The van der Waals surface area contributed by atoms with E-state index in [0.29, 0.717) is 0 Å². The van der Waals surface area contributed by atoms with Gasteiger partial charge in [-0.2, -0.15) is 0 Å². The van der Waals surface area contributed by atoms with Gasteiger partial charge in [-0.15, -0.1) is 0 Å². The molecular formula is C16H25Cl2N. The molecule has 0 aliphatic heterocycles. The van der Waals surface area contributed by atoms with E-state index in [4.69, 9.17) is 23.2 Å². The predicted octanol–water partition coefficient (Wildman–Crippen LogP) is 5.34. The SMILES string of the molecule is CCCNCC(CC)(CC)Cc1cc(Cl)ccc1Cl. The minimum Gasteiger partial charge on any atom is -0.316 e. The van der Waals surface area contributed by atoms with E-state index in [1.165, 1.54) is 6.42 Å². The highest BCUT2D eigenvalue weighted by atomic mass is 35.5. The first-order valence-electron chi connectivity index (χ1n) is 7.21. The molecule has 0 unspecified atom stereocenters. The smallest absolute Gasteiger partial charge is 0.0439 e. The van der Waals surface area contributed by atoms with Crippen LogP contribution in [0.4, 0.5) is 0 Å². The fraction of sp³-hybridized carbons (Fsp3) is 0.625. The van der Waals surface area contributed by atoms with Gasteiger partial charge in [0, 0.05) is 16.6 Å². The minimum atomic E-state index is 0.267. The molecule has 0 spiro atoms. The monoisotopic (exact) mass is 301 g/mol. The molecule has 0 amide bonds. The van der Waals surface area contributed by atoms with E-state index in [1.807, 2.05) is 18.2 Å². The van der Waals surface area contributed by atoms with Gasteiger partial charge in [0.2, 0.25) is 0 Å². The maximum absolute atomic E-state index is 6.30. The van der Waals surface area contributed by atoms with Gasteiger partial charge in [-0.1, -0.05) is 44.0 Å². The number of benzene rings is 1. The van der Waals surface area contributed by atoms with E-state index in [9.17, 15) is 0 Å². The highest BCUT2D eigenvalue weighted by Crippen LogP contribution is 2.33. The van der Waals surface area contributed by atoms with Crippen molar-refractivity contribution in [3.63, 3.8) is 0 Å². The number of nitrogens with one attached hydrogen (secondary N) is 1. The summed E-state index contributed by atoms with van der Waals surface area (Å²) in [4.78, 5) is 0. The third-order valence-corrected chi connectivity index (χ3v) is 4.60. The highest BCUT2D eigenvalue weighted by molar-refractivity contribution is 6.33. The molecule has 1 N–H and O–H groups in total. The van der Waals surface area contributed by atoms with Crippen LogP contribution in [0.3, 0.4) is 0 Å². The third-order valence-electron chi connectivity index (χ3n) is 4.00. The van der Waals surface area contributed by atoms with Crippen LogP contribution < -0.4 is 5.32 Å². The van der Waals surface area contributed by atoms with E-state index in [2.05, 4.69) is 26.1 Å². The van der Waals surface area contributed by atoms with E-state index in [1.54, 1.807) is 0 Å². The number of hydrogen-bond donors (Lipinski definition) is 1. The zero-order valence-electron chi connectivity index (χ0n) is 12.2. The van der Waals surface area contributed by atoms with Gasteiger partial charge < -0.3 is 5.32 Å². The summed E-state index contributed by atoms with van der Waals surface area (Å²) < 4.78 is 0. The molecule has 0 atom stereocenters. The van der Waals surface area contributed by atoms with E-state index < -0.39 is 0 Å². The van der Waals surface area contributed by atoms with Gasteiger partial charge in [-0.05, 0) is 61.4 Å². The van der Waals surface area contributed by atoms with Crippen molar-refractivity contribution in [1.29, 1.82) is 0 Å². The van der Waals surface area contributed by atoms with Gasteiger partial charge in [-0.3, -0.25) is 0 Å². The highest BCUT2D eigenvalue weighted by Gasteiger charge is 2.27. The molecule has 0 fully saturated rings. The molecule has 0 radical (unpaired) electrons. The number of hydrogen-bond acceptors (Lipinski definition) is 1. The first-order valence-corrected chi connectivity index (χ1v) is 7.97. The maximum Gasteiger partial charge on any atom is 0.0439 e. The van der Waals surface area contributed by atoms with Gasteiger partial charge in [0.1, 0.15) is 0 Å². The summed E-state index contributed by atoms with van der Waals surface area (Å²) in [5.74, 6) is 0. The van der Waals surface area contributed by atoms with Crippen molar-refractivity contribution in [3.05, 3.63) is 33.8 Å². The lowest BCUT2D eigenvalue weighted by Gasteiger charge is -2.32. The van der Waals surface area contributed by atoms with Gasteiger partial charge >= 0.3 is 0 Å². The second-order valence-corrected chi connectivity index (χ2v) is 6.14. The van der Waals surface area contributed by atoms with Crippen molar-refractivity contribution >= 4 is 23.2 Å². The predicted molar refractivity (Wildman–Crippen MR) is 86.3 cm³/mol. The van der Waals surface area contributed by atoms with Crippen LogP contribution in [0.25, 0.3) is 0 Å². The average molecular weight is 302 g/mol. The lowest BCUT2D eigenvalue weighted by molar-refractivity contribution is 0.247. The van der Waals surface area contributed by atoms with E-state index in [-0.39, 0.29) is 5.41 Å². The van der Waals surface area contributed by atoms with Crippen LogP contribution in [0.1, 0.15) is 45.6 Å². The van der Waals surface area contributed by atoms with Gasteiger partial charge in [0.15, 0.2) is 0 Å². The zero-order chi connectivity index (χ0) is 14.3. The molecule has 3 heteroatoms. The fourth-order valence-electron chi connectivity index (χ4n) is 2.43.